The minimum atomic E-state index is -0.466. The number of nitriles is 1. The zero-order valence-electron chi connectivity index (χ0n) is 13.8. The first kappa shape index (κ1) is 19.4. The van der Waals surface area contributed by atoms with Crippen LogP contribution in [0.15, 0.2) is 51.6 Å². The van der Waals surface area contributed by atoms with Crippen molar-refractivity contribution in [3.8, 4) is 6.07 Å². The van der Waals surface area contributed by atoms with Crippen molar-refractivity contribution >= 4 is 52.5 Å². The number of benzene rings is 1. The SMILES string of the molecule is N#CC1=C(SCC(=O)Nc2cccc(Cl)c2Cl)NC(=O)C[C@@H]1c1ccco1. The van der Waals surface area contributed by atoms with Crippen molar-refractivity contribution in [2.24, 2.45) is 0 Å². The predicted octanol–water partition coefficient (Wildman–Crippen LogP) is 4.30. The number of carbonyl (C=O) groups is 2. The number of carbonyl (C=O) groups excluding carboxylic acids is 2. The zero-order valence-corrected chi connectivity index (χ0v) is 16.1. The van der Waals surface area contributed by atoms with E-state index in [1.807, 2.05) is 0 Å². The van der Waals surface area contributed by atoms with Gasteiger partial charge in [0.15, 0.2) is 0 Å². The van der Waals surface area contributed by atoms with Gasteiger partial charge in [-0.1, -0.05) is 41.0 Å². The van der Waals surface area contributed by atoms with Crippen molar-refractivity contribution in [3.05, 3.63) is 63.0 Å². The molecule has 0 fully saturated rings. The molecule has 0 aliphatic carbocycles. The summed E-state index contributed by atoms with van der Waals surface area (Å²) in [5, 5.41) is 15.8. The highest BCUT2D eigenvalue weighted by atomic mass is 35.5. The predicted molar refractivity (Wildman–Crippen MR) is 104 cm³/mol. The van der Waals surface area contributed by atoms with Gasteiger partial charge in [0.2, 0.25) is 11.8 Å². The number of nitrogens with zero attached hydrogens (tertiary/aromatic N) is 1. The first-order valence-corrected chi connectivity index (χ1v) is 9.58. The standard InChI is InChI=1S/C18H13Cl2N3O3S/c19-12-3-1-4-13(17(12)20)22-16(25)9-27-18-11(8-21)10(7-15(24)23-18)14-5-2-6-26-14/h1-6,10H,7,9H2,(H,22,25)(H,23,24)/t10-/m0/s1. The van der Waals surface area contributed by atoms with E-state index in [0.29, 0.717) is 27.1 Å². The van der Waals surface area contributed by atoms with Crippen LogP contribution in [0.1, 0.15) is 18.1 Å². The highest BCUT2D eigenvalue weighted by molar-refractivity contribution is 8.03. The second-order valence-electron chi connectivity index (χ2n) is 5.61. The molecule has 1 aliphatic rings. The summed E-state index contributed by atoms with van der Waals surface area (Å²) in [6.07, 6.45) is 1.61. The molecular weight excluding hydrogens is 409 g/mol. The Morgan fingerprint density at radius 1 is 1.37 bits per heavy atom. The van der Waals surface area contributed by atoms with Crippen LogP contribution in [-0.4, -0.2) is 17.6 Å². The van der Waals surface area contributed by atoms with E-state index in [-0.39, 0.29) is 29.0 Å². The molecule has 2 N–H and O–H groups in total. The third kappa shape index (κ3) is 4.48. The van der Waals surface area contributed by atoms with Gasteiger partial charge in [-0.3, -0.25) is 9.59 Å². The highest BCUT2D eigenvalue weighted by Gasteiger charge is 2.31. The molecule has 2 aromatic rings. The largest absolute Gasteiger partial charge is 0.469 e. The van der Waals surface area contributed by atoms with Crippen LogP contribution in [0.25, 0.3) is 0 Å². The van der Waals surface area contributed by atoms with Gasteiger partial charge in [-0.2, -0.15) is 5.26 Å². The molecule has 0 spiro atoms. The third-order valence-electron chi connectivity index (χ3n) is 3.82. The minimum Gasteiger partial charge on any atom is -0.469 e. The minimum absolute atomic E-state index is 0.0193. The molecule has 2 heterocycles. The van der Waals surface area contributed by atoms with Gasteiger partial charge in [0.05, 0.1) is 50.3 Å². The Kier molecular flexibility index (Phi) is 6.11. The molecule has 1 aliphatic heterocycles. The van der Waals surface area contributed by atoms with E-state index < -0.39 is 5.92 Å². The summed E-state index contributed by atoms with van der Waals surface area (Å²) < 4.78 is 5.35. The number of hydrogen-bond acceptors (Lipinski definition) is 5. The molecule has 6 nitrogen and oxygen atoms in total. The van der Waals surface area contributed by atoms with Crippen LogP contribution in [0.4, 0.5) is 5.69 Å². The summed E-state index contributed by atoms with van der Waals surface area (Å²) in [6.45, 7) is 0. The van der Waals surface area contributed by atoms with Gasteiger partial charge in [-0.25, -0.2) is 0 Å². The number of hydrogen-bond donors (Lipinski definition) is 2. The number of amides is 2. The van der Waals surface area contributed by atoms with Crippen molar-refractivity contribution in [2.75, 3.05) is 11.1 Å². The summed E-state index contributed by atoms with van der Waals surface area (Å²) in [5.74, 6) is -0.532. The number of furan rings is 1. The molecule has 0 bridgehead atoms. The molecular formula is C18H13Cl2N3O3S. The Labute approximate surface area is 169 Å². The van der Waals surface area contributed by atoms with Gasteiger partial charge in [0, 0.05) is 6.42 Å². The van der Waals surface area contributed by atoms with Gasteiger partial charge in [-0.05, 0) is 24.3 Å². The maximum absolute atomic E-state index is 12.2. The van der Waals surface area contributed by atoms with E-state index in [4.69, 9.17) is 27.6 Å². The summed E-state index contributed by atoms with van der Waals surface area (Å²) in [5.41, 5.74) is 0.758. The van der Waals surface area contributed by atoms with Crippen LogP contribution in [0, 0.1) is 11.3 Å². The van der Waals surface area contributed by atoms with E-state index in [9.17, 15) is 14.9 Å². The zero-order chi connectivity index (χ0) is 19.4. The molecule has 1 aromatic heterocycles. The van der Waals surface area contributed by atoms with E-state index >= 15 is 0 Å². The quantitative estimate of drug-likeness (QED) is 0.749. The number of rotatable bonds is 5. The van der Waals surface area contributed by atoms with E-state index in [1.54, 1.807) is 30.3 Å². The summed E-state index contributed by atoms with van der Waals surface area (Å²) in [7, 11) is 0. The van der Waals surface area contributed by atoms with Crippen molar-refractivity contribution in [1.29, 1.82) is 5.26 Å². The Morgan fingerprint density at radius 2 is 2.19 bits per heavy atom. The normalized spacial score (nSPS) is 16.6. The lowest BCUT2D eigenvalue weighted by Crippen LogP contribution is -2.31. The molecule has 138 valence electrons. The smallest absolute Gasteiger partial charge is 0.234 e. The van der Waals surface area contributed by atoms with Crippen LogP contribution in [0.2, 0.25) is 10.0 Å². The molecule has 0 saturated carbocycles. The molecule has 0 radical (unpaired) electrons. The van der Waals surface area contributed by atoms with Crippen LogP contribution in [-0.2, 0) is 9.59 Å². The topological polar surface area (TPSA) is 95.1 Å². The number of thioether (sulfide) groups is 1. The first-order valence-electron chi connectivity index (χ1n) is 7.83. The summed E-state index contributed by atoms with van der Waals surface area (Å²) in [6, 6.07) is 10.5. The number of allylic oxidation sites excluding steroid dienone is 1. The van der Waals surface area contributed by atoms with Crippen LogP contribution >= 0.6 is 35.0 Å². The van der Waals surface area contributed by atoms with Crippen molar-refractivity contribution in [2.45, 2.75) is 12.3 Å². The van der Waals surface area contributed by atoms with Gasteiger partial charge in [0.1, 0.15) is 5.76 Å². The summed E-state index contributed by atoms with van der Waals surface area (Å²) >= 11 is 13.0. The molecule has 0 unspecified atom stereocenters. The number of anilines is 1. The highest BCUT2D eigenvalue weighted by Crippen LogP contribution is 2.36. The Bertz CT molecular complexity index is 951. The van der Waals surface area contributed by atoms with Crippen LogP contribution < -0.4 is 10.6 Å². The first-order chi connectivity index (χ1) is 13.0. The maximum Gasteiger partial charge on any atom is 0.234 e. The molecule has 0 saturated heterocycles. The van der Waals surface area contributed by atoms with Crippen LogP contribution in [0.3, 0.4) is 0 Å². The maximum atomic E-state index is 12.2. The molecule has 1 atom stereocenters. The van der Waals surface area contributed by atoms with Gasteiger partial charge in [-0.15, -0.1) is 0 Å². The Hall–Kier alpha value is -2.40. The van der Waals surface area contributed by atoms with Crippen molar-refractivity contribution in [3.63, 3.8) is 0 Å². The number of halogens is 2. The lowest BCUT2D eigenvalue weighted by molar-refractivity contribution is -0.121. The fourth-order valence-electron chi connectivity index (χ4n) is 2.59. The Balaban J connectivity index is 1.73. The lowest BCUT2D eigenvalue weighted by atomic mass is 9.92. The average molecular weight is 422 g/mol. The van der Waals surface area contributed by atoms with E-state index in [2.05, 4.69) is 16.7 Å². The average Bonchev–Trinajstić information content (AvgIpc) is 3.18. The van der Waals surface area contributed by atoms with E-state index in [0.717, 1.165) is 11.8 Å². The van der Waals surface area contributed by atoms with Gasteiger partial charge in [0.25, 0.3) is 0 Å². The molecule has 27 heavy (non-hydrogen) atoms. The second kappa shape index (κ2) is 8.53. The van der Waals surface area contributed by atoms with Crippen LogP contribution in [0.5, 0.6) is 0 Å². The lowest BCUT2D eigenvalue weighted by Gasteiger charge is -2.23. The fourth-order valence-corrected chi connectivity index (χ4v) is 3.81. The third-order valence-corrected chi connectivity index (χ3v) is 5.65. The van der Waals surface area contributed by atoms with Gasteiger partial charge >= 0.3 is 0 Å². The second-order valence-corrected chi connectivity index (χ2v) is 7.38. The molecule has 9 heteroatoms. The van der Waals surface area contributed by atoms with Crippen molar-refractivity contribution in [1.82, 2.24) is 5.32 Å². The molecule has 2 amide bonds. The Morgan fingerprint density at radius 3 is 2.89 bits per heavy atom. The van der Waals surface area contributed by atoms with E-state index in [1.165, 1.54) is 6.26 Å². The van der Waals surface area contributed by atoms with Gasteiger partial charge < -0.3 is 15.1 Å². The van der Waals surface area contributed by atoms with Crippen molar-refractivity contribution < 1.29 is 14.0 Å². The monoisotopic (exact) mass is 421 g/mol. The molecule has 1 aromatic carbocycles. The number of nitrogens with one attached hydrogen (secondary N) is 2. The fraction of sp³-hybridized carbons (Fsp3) is 0.167. The molecule has 3 rings (SSSR count). The summed E-state index contributed by atoms with van der Waals surface area (Å²) in [4.78, 5) is 24.3.